The molecule has 21 aliphatic rings. The van der Waals surface area contributed by atoms with Gasteiger partial charge in [-0.3, -0.25) is 4.79 Å². The Kier molecular flexibility index (Phi) is 23.1. The maximum atomic E-state index is 13.5. The van der Waals surface area contributed by atoms with Crippen LogP contribution in [-0.2, 0) is 66.3 Å². The molecular weight excluding hydrogens is 1190 g/mol. The van der Waals surface area contributed by atoms with E-state index in [2.05, 4.69) is 11.9 Å². The number of aliphatic hydroxyl groups is 20. The van der Waals surface area contributed by atoms with Gasteiger partial charge in [-0.25, -0.2) is 0 Å². The van der Waals surface area contributed by atoms with E-state index >= 15 is 0 Å². The first kappa shape index (κ1) is 68.4. The van der Waals surface area contributed by atoms with Gasteiger partial charge in [-0.2, -0.15) is 0 Å². The first-order valence-corrected chi connectivity index (χ1v) is 27.9. The monoisotopic (exact) mass is 1260 g/mol. The van der Waals surface area contributed by atoms with E-state index in [0.29, 0.717) is 5.56 Å². The highest BCUT2D eigenvalue weighted by Gasteiger charge is 2.59. The van der Waals surface area contributed by atoms with Gasteiger partial charge >= 0.3 is 0 Å². The Morgan fingerprint density at radius 3 is 0.713 bits per heavy atom. The summed E-state index contributed by atoms with van der Waals surface area (Å²) in [6, 6.07) is 6.03. The second kappa shape index (κ2) is 29.4. The van der Waals surface area contributed by atoms with E-state index in [1.807, 2.05) is 0 Å². The van der Waals surface area contributed by atoms with E-state index in [9.17, 15) is 107 Å². The molecule has 1 amide bonds. The van der Waals surface area contributed by atoms with Crippen molar-refractivity contribution in [3.63, 3.8) is 0 Å². The van der Waals surface area contributed by atoms with Crippen LogP contribution in [0.2, 0.25) is 0 Å². The van der Waals surface area contributed by atoms with Crippen LogP contribution in [0.3, 0.4) is 0 Å². The largest absolute Gasteiger partial charge is 0.394 e. The molecule has 21 saturated heterocycles. The number of carbonyl (C=O) groups excluding carboxylic acids is 1. The third-order valence-electron chi connectivity index (χ3n) is 16.5. The zero-order valence-corrected chi connectivity index (χ0v) is 45.8. The third kappa shape index (κ3) is 13.9. The minimum absolute atomic E-state index is 0.103. The van der Waals surface area contributed by atoms with Gasteiger partial charge < -0.3 is 174 Å². The number of hydrogen-bond donors (Lipinski definition) is 21. The Labute approximate surface area is 492 Å². The SMILES string of the molecule is C=Cc1ccc(C(=O)NC[C@H]2O[C@@H]3O[C@H]4[C@H](O)[C@@H](O)[C@@H](O[C@H]5[C@H](O)[C@@H](O)[C@@H](O[C@H]6[C@H](O)[C@@H](O)[C@@H](O[C@H]7[C@H](O)[C@@H](O)[C@@H](O[C@H]8[C@H](O)[C@@H](O)[C@@H](O[C@H]9[C@H](O)[C@@H](O)[C@@H](O[C@H]2[C@H](O)[C@H]3O)O[C@@H]9CO)O[C@@H]8CO)O[C@@H]7CO)O[C@@H]6CO)O[C@@H]5CO)O[C@@H]4CO)cc1. The predicted molar refractivity (Wildman–Crippen MR) is 270 cm³/mol. The summed E-state index contributed by atoms with van der Waals surface area (Å²) in [6.07, 6.45) is -69.7. The fourth-order valence-electron chi connectivity index (χ4n) is 11.5. The van der Waals surface area contributed by atoms with Gasteiger partial charge in [0.15, 0.2) is 44.0 Å². The normalized spacial score (nSPS) is 50.2. The van der Waals surface area contributed by atoms with E-state index in [1.54, 1.807) is 12.1 Å². The molecule has 22 rings (SSSR count). The van der Waals surface area contributed by atoms with Crippen LogP contribution >= 0.6 is 0 Å². The molecule has 36 nitrogen and oxygen atoms in total. The van der Waals surface area contributed by atoms with Crippen molar-refractivity contribution in [1.29, 1.82) is 0 Å². The second-order valence-corrected chi connectivity index (χ2v) is 22.0. The Balaban J connectivity index is 1.02. The molecule has 87 heavy (non-hydrogen) atoms. The molecule has 14 bridgehead atoms. The van der Waals surface area contributed by atoms with Crippen molar-refractivity contribution in [2.75, 3.05) is 46.2 Å². The van der Waals surface area contributed by atoms with Crippen LogP contribution in [0.25, 0.3) is 6.08 Å². The van der Waals surface area contributed by atoms with Gasteiger partial charge in [-0.05, 0) is 17.7 Å². The Morgan fingerprint density at radius 1 is 0.322 bits per heavy atom. The molecule has 0 radical (unpaired) electrons. The number of benzene rings is 1. The number of carbonyl (C=O) groups is 1. The molecular formula is C51H77NO35. The molecule has 0 spiro atoms. The summed E-state index contributed by atoms with van der Waals surface area (Å²) in [5, 5.41) is 226. The number of ether oxygens (including phenoxy) is 14. The molecule has 36 heteroatoms. The first-order valence-electron chi connectivity index (χ1n) is 27.9. The fraction of sp³-hybridized carbons (Fsp3) is 0.824. The summed E-state index contributed by atoms with van der Waals surface area (Å²) in [5.74, 6) is -0.736. The molecule has 21 N–H and O–H groups in total. The van der Waals surface area contributed by atoms with Crippen molar-refractivity contribution >= 4 is 12.0 Å². The van der Waals surface area contributed by atoms with Crippen molar-refractivity contribution < 1.29 is 173 Å². The van der Waals surface area contributed by atoms with E-state index < -0.39 is 267 Å². The first-order chi connectivity index (χ1) is 41.5. The van der Waals surface area contributed by atoms with Gasteiger partial charge in [0.05, 0.1) is 39.6 Å². The Morgan fingerprint density at radius 2 is 0.517 bits per heavy atom. The van der Waals surface area contributed by atoms with Gasteiger partial charge in [0.1, 0.15) is 171 Å². The fourth-order valence-corrected chi connectivity index (χ4v) is 11.5. The maximum Gasteiger partial charge on any atom is 0.251 e. The van der Waals surface area contributed by atoms with Crippen molar-refractivity contribution in [3.8, 4) is 0 Å². The lowest BCUT2D eigenvalue weighted by Crippen LogP contribution is -2.68. The number of nitrogens with one attached hydrogen (secondary N) is 1. The molecule has 21 aliphatic heterocycles. The number of amides is 1. The van der Waals surface area contributed by atoms with Crippen LogP contribution in [-0.4, -0.2) is 369 Å². The predicted octanol–water partition coefficient (Wildman–Crippen LogP) is -13.1. The van der Waals surface area contributed by atoms with Gasteiger partial charge in [0.2, 0.25) is 0 Å². The standard InChI is InChI=1S/C51H77NO35/c1-2-14-3-5-15(6-4-14)44(73)52-7-16-37-23(59)30(66)45(74-16)82-38-17(8-53)76-47(32(68)25(38)61)84-40-19(10-55)78-49(34(70)27(40)63)86-42-21(12-57)80-51(36(72)29(42)65)87-43-22(13-58)79-50(35(71)28(43)64)85-41-20(11-56)77-48(33(69)26(41)62)83-39-18(9-54)75-46(81-37)31(67)24(39)60/h2-6,16-43,45-51,53-72H,1,7-13H2,(H,52,73)/t16-,17-,18-,19-,20-,21-,22-,23-,24-,25-,26-,27-,28-,29-,30-,31-,32-,33-,34-,35-,36-,37-,38-,39-,40-,41-,42-,43-,45-,46-,47-,48-,49-,50-,51-/m1/s1. The average molecular weight is 1260 g/mol. The molecule has 0 aliphatic carbocycles. The van der Waals surface area contributed by atoms with Crippen molar-refractivity contribution in [2.24, 2.45) is 0 Å². The number of rotatable bonds is 10. The minimum Gasteiger partial charge on any atom is -0.394 e. The van der Waals surface area contributed by atoms with Crippen LogP contribution in [0.15, 0.2) is 30.8 Å². The van der Waals surface area contributed by atoms with Gasteiger partial charge in [0.25, 0.3) is 5.91 Å². The van der Waals surface area contributed by atoms with Crippen LogP contribution < -0.4 is 5.32 Å². The second-order valence-electron chi connectivity index (χ2n) is 22.0. The molecule has 0 unspecified atom stereocenters. The lowest BCUT2D eigenvalue weighted by molar-refractivity contribution is -0.396. The topological polar surface area (TPSA) is 563 Å². The minimum atomic E-state index is -2.26. The smallest absolute Gasteiger partial charge is 0.251 e. The number of hydrogen-bond acceptors (Lipinski definition) is 35. The Hall–Kier alpha value is -2.93. The van der Waals surface area contributed by atoms with Gasteiger partial charge in [-0.1, -0.05) is 24.8 Å². The number of aliphatic hydroxyl groups excluding tert-OH is 20. The zero-order chi connectivity index (χ0) is 63.0. The summed E-state index contributed by atoms with van der Waals surface area (Å²) in [6.45, 7) is -3.36. The summed E-state index contributed by atoms with van der Waals surface area (Å²) < 4.78 is 81.0. The molecule has 1 aromatic rings. The van der Waals surface area contributed by atoms with E-state index in [1.165, 1.54) is 18.2 Å². The highest BCUT2D eigenvalue weighted by atomic mass is 16.8. The maximum absolute atomic E-state index is 13.5. The highest BCUT2D eigenvalue weighted by Crippen LogP contribution is 2.39. The zero-order valence-electron chi connectivity index (χ0n) is 45.8. The summed E-state index contributed by atoms with van der Waals surface area (Å²) in [4.78, 5) is 13.5. The molecule has 21 fully saturated rings. The van der Waals surface area contributed by atoms with E-state index in [0.717, 1.165) is 0 Å². The average Bonchev–Trinajstić information content (AvgIpc) is 2.19. The summed E-state index contributed by atoms with van der Waals surface area (Å²) in [5.41, 5.74) is 0.758. The van der Waals surface area contributed by atoms with Crippen molar-refractivity contribution in [3.05, 3.63) is 42.0 Å². The molecule has 1 aromatic carbocycles. The summed E-state index contributed by atoms with van der Waals surface area (Å²) >= 11 is 0. The highest BCUT2D eigenvalue weighted by molar-refractivity contribution is 5.94. The quantitative estimate of drug-likeness (QED) is 0.103. The van der Waals surface area contributed by atoms with Gasteiger partial charge in [-0.15, -0.1) is 0 Å². The molecule has 21 heterocycles. The molecule has 35 atom stereocenters. The Bertz CT molecular complexity index is 2340. The van der Waals surface area contributed by atoms with Crippen LogP contribution in [0.4, 0.5) is 0 Å². The molecule has 496 valence electrons. The van der Waals surface area contributed by atoms with Gasteiger partial charge in [0, 0.05) is 12.1 Å². The van der Waals surface area contributed by atoms with Crippen molar-refractivity contribution in [2.45, 2.75) is 215 Å². The molecule has 0 saturated carbocycles. The lowest BCUT2D eigenvalue weighted by Gasteiger charge is -2.50. The third-order valence-corrected chi connectivity index (χ3v) is 16.5. The van der Waals surface area contributed by atoms with Crippen LogP contribution in [0.5, 0.6) is 0 Å². The van der Waals surface area contributed by atoms with Crippen LogP contribution in [0, 0.1) is 0 Å². The lowest BCUT2D eigenvalue weighted by atomic mass is 9.95. The summed E-state index contributed by atoms with van der Waals surface area (Å²) in [7, 11) is 0. The molecule has 0 aromatic heterocycles. The van der Waals surface area contributed by atoms with E-state index in [4.69, 9.17) is 66.3 Å². The van der Waals surface area contributed by atoms with Crippen LogP contribution in [0.1, 0.15) is 15.9 Å². The van der Waals surface area contributed by atoms with E-state index in [-0.39, 0.29) is 5.56 Å². The van der Waals surface area contributed by atoms with Crippen molar-refractivity contribution in [1.82, 2.24) is 5.32 Å².